The fourth-order valence-corrected chi connectivity index (χ4v) is 8.64. The smallest absolute Gasteiger partial charge is 0.245 e. The van der Waals surface area contributed by atoms with Crippen molar-refractivity contribution in [2.45, 2.75) is 136 Å². The average Bonchev–Trinajstić information content (AvgIpc) is 3.68. The number of nitrogens with zero attached hydrogens (tertiary/aromatic N) is 4. The molecule has 2 heterocycles. The molecule has 1 aliphatic heterocycles. The molecule has 4 amide bonds. The molecule has 1 fully saturated rings. The zero-order chi connectivity index (χ0) is 44.1. The number of nitrogens with one attached hydrogen (secondary N) is 2. The number of anilines is 1. The second-order valence-corrected chi connectivity index (χ2v) is 17.2. The number of likely N-dealkylation sites (tertiary alicyclic amines) is 1. The minimum atomic E-state index is -0.887. The van der Waals surface area contributed by atoms with Crippen LogP contribution in [0.3, 0.4) is 0 Å². The van der Waals surface area contributed by atoms with Gasteiger partial charge in [0.05, 0.1) is 54.8 Å². The van der Waals surface area contributed by atoms with E-state index < -0.39 is 48.4 Å². The molecule has 1 saturated heterocycles. The molecule has 1 aromatic heterocycles. The number of ether oxygens (including phenoxy) is 2. The van der Waals surface area contributed by atoms with Gasteiger partial charge in [-0.3, -0.25) is 24.1 Å². The second-order valence-electron chi connectivity index (χ2n) is 17.2. The van der Waals surface area contributed by atoms with Crippen molar-refractivity contribution in [3.8, 4) is 0 Å². The number of aliphatic hydroxyl groups is 1. The third-order valence-electron chi connectivity index (χ3n) is 12.1. The van der Waals surface area contributed by atoms with Gasteiger partial charge in [-0.25, -0.2) is 4.98 Å². The van der Waals surface area contributed by atoms with Crippen LogP contribution >= 0.6 is 0 Å². The van der Waals surface area contributed by atoms with E-state index in [0.29, 0.717) is 30.9 Å². The summed E-state index contributed by atoms with van der Waals surface area (Å²) in [6.45, 7) is 16.4. The number of rotatable bonds is 22. The highest BCUT2D eigenvalue weighted by atomic mass is 16.5. The quantitative estimate of drug-likeness (QED) is 0.133. The molecule has 59 heavy (non-hydrogen) atoms. The number of pyridine rings is 1. The molecule has 0 radical (unpaired) electrons. The van der Waals surface area contributed by atoms with Crippen molar-refractivity contribution in [1.29, 1.82) is 0 Å². The van der Waals surface area contributed by atoms with E-state index in [4.69, 9.17) is 15.2 Å². The van der Waals surface area contributed by atoms with Crippen LogP contribution in [0.1, 0.15) is 98.3 Å². The van der Waals surface area contributed by atoms with E-state index in [1.54, 1.807) is 57.2 Å². The number of aromatic nitrogens is 1. The Morgan fingerprint density at radius 3 is 2.17 bits per heavy atom. The van der Waals surface area contributed by atoms with Crippen LogP contribution in [0.5, 0.6) is 0 Å². The lowest BCUT2D eigenvalue weighted by Gasteiger charge is -2.41. The Morgan fingerprint density at radius 1 is 0.949 bits per heavy atom. The van der Waals surface area contributed by atoms with E-state index in [1.165, 1.54) is 0 Å². The van der Waals surface area contributed by atoms with Crippen molar-refractivity contribution >= 4 is 29.4 Å². The topological polar surface area (TPSA) is 180 Å². The number of aliphatic hydroxyl groups excluding tert-OH is 1. The molecule has 5 N–H and O–H groups in total. The molecule has 10 atom stereocenters. The summed E-state index contributed by atoms with van der Waals surface area (Å²) in [4.78, 5) is 65.9. The van der Waals surface area contributed by atoms with E-state index in [0.717, 1.165) is 18.4 Å². The van der Waals surface area contributed by atoms with Crippen molar-refractivity contribution in [1.82, 2.24) is 30.3 Å². The van der Waals surface area contributed by atoms with E-state index in [1.807, 2.05) is 89.9 Å². The van der Waals surface area contributed by atoms with Gasteiger partial charge in [-0.05, 0) is 67.8 Å². The summed E-state index contributed by atoms with van der Waals surface area (Å²) < 4.78 is 12.0. The zero-order valence-corrected chi connectivity index (χ0v) is 37.6. The van der Waals surface area contributed by atoms with Crippen molar-refractivity contribution in [2.24, 2.45) is 23.7 Å². The molecule has 14 nitrogen and oxygen atoms in total. The molecule has 0 saturated carbocycles. The summed E-state index contributed by atoms with van der Waals surface area (Å²) in [5.41, 5.74) is 7.54. The molecule has 330 valence electrons. The minimum absolute atomic E-state index is 0.00931. The number of hydrogen-bond donors (Lipinski definition) is 4. The number of methoxy groups -OCH3 is 2. The third kappa shape index (κ3) is 12.9. The van der Waals surface area contributed by atoms with Gasteiger partial charge in [0.15, 0.2) is 0 Å². The van der Waals surface area contributed by atoms with Crippen LogP contribution in [-0.4, -0.2) is 126 Å². The van der Waals surface area contributed by atoms with Gasteiger partial charge in [-0.15, -0.1) is 0 Å². The number of nitrogens with two attached hydrogens (primary N) is 1. The lowest BCUT2D eigenvalue weighted by molar-refractivity contribution is -0.148. The largest absolute Gasteiger partial charge is 0.386 e. The number of amides is 4. The van der Waals surface area contributed by atoms with Gasteiger partial charge >= 0.3 is 0 Å². The molecule has 14 heteroatoms. The Hall–Kier alpha value is -4.11. The highest BCUT2D eigenvalue weighted by Gasteiger charge is 2.43. The Balaban J connectivity index is 1.77. The Kier molecular flexibility index (Phi) is 19.2. The number of benzene rings is 1. The lowest BCUT2D eigenvalue weighted by Crippen LogP contribution is -2.60. The molecule has 10 unspecified atom stereocenters. The molecule has 1 aromatic carbocycles. The van der Waals surface area contributed by atoms with Crippen LogP contribution in [0.25, 0.3) is 0 Å². The first-order valence-corrected chi connectivity index (χ1v) is 21.2. The second kappa shape index (κ2) is 23.0. The summed E-state index contributed by atoms with van der Waals surface area (Å²) in [5, 5.41) is 16.9. The molecule has 0 aliphatic carbocycles. The maximum Gasteiger partial charge on any atom is 0.245 e. The van der Waals surface area contributed by atoms with Gasteiger partial charge in [-0.2, -0.15) is 0 Å². The third-order valence-corrected chi connectivity index (χ3v) is 12.1. The summed E-state index contributed by atoms with van der Waals surface area (Å²) in [6, 6.07) is 10.1. The summed E-state index contributed by atoms with van der Waals surface area (Å²) >= 11 is 0. The van der Waals surface area contributed by atoms with Gasteiger partial charge in [0.25, 0.3) is 0 Å². The first-order valence-electron chi connectivity index (χ1n) is 21.2. The van der Waals surface area contributed by atoms with Crippen molar-refractivity contribution < 1.29 is 33.8 Å². The number of likely N-dealkylation sites (N-methyl/N-ethyl adjacent to an activating group) is 2. The van der Waals surface area contributed by atoms with E-state index in [-0.39, 0.29) is 53.8 Å². The molecule has 3 rings (SSSR count). The predicted octanol–water partition coefficient (Wildman–Crippen LogP) is 4.42. The van der Waals surface area contributed by atoms with Crippen LogP contribution in [-0.2, 0) is 35.2 Å². The molecular weight excluding hydrogens is 751 g/mol. The highest BCUT2D eigenvalue weighted by molar-refractivity contribution is 5.90. The molecule has 2 aromatic rings. The maximum absolute atomic E-state index is 14.5. The van der Waals surface area contributed by atoms with Gasteiger partial charge in [0, 0.05) is 40.6 Å². The number of nitrogen functional groups attached to an aromatic ring is 1. The van der Waals surface area contributed by atoms with Crippen molar-refractivity contribution in [2.75, 3.05) is 40.6 Å². The standard InChI is InChI=1S/C45H73N7O7/c1-13-29(6)40(51(10)45(57)38(27(2)3)49-44(56)39(28(4)5)50(9)26-32-21-22-47-36(46)24-32)35(58-11)25-37(53)52-23-17-20-34(52)42(59-12)30(7)43(55)48-31(8)41(54)33-18-15-14-16-19-33/h14-16,18-19,21-22,24,27-31,34-35,38-42,54H,13,17,20,23,25-26H2,1-12H3,(H2,46,47)(H,48,55)(H,49,56). The van der Waals surface area contributed by atoms with Gasteiger partial charge in [0.1, 0.15) is 11.9 Å². The highest BCUT2D eigenvalue weighted by Crippen LogP contribution is 2.30. The average molecular weight is 824 g/mol. The van der Waals surface area contributed by atoms with E-state index in [9.17, 15) is 24.3 Å². The van der Waals surface area contributed by atoms with Gasteiger partial charge in [0.2, 0.25) is 23.6 Å². The molecular formula is C45H73N7O7. The molecule has 0 bridgehead atoms. The van der Waals surface area contributed by atoms with Crippen LogP contribution < -0.4 is 16.4 Å². The minimum Gasteiger partial charge on any atom is -0.386 e. The first-order chi connectivity index (χ1) is 27.9. The Morgan fingerprint density at radius 2 is 1.61 bits per heavy atom. The number of hydrogen-bond acceptors (Lipinski definition) is 10. The SMILES string of the molecule is CCC(C)C(C(CC(=O)N1CCCC1C(OC)C(C)C(=O)NC(C)C(O)c1ccccc1)OC)N(C)C(=O)C(NC(=O)C(C(C)C)N(C)Cc1ccnc(N)c1)C(C)C. The fraction of sp³-hybridized carbons (Fsp3) is 0.667. The Labute approximate surface area is 352 Å². The number of carbonyl (C=O) groups excluding carboxylic acids is 4. The van der Waals surface area contributed by atoms with Gasteiger partial charge in [-0.1, -0.05) is 85.2 Å². The number of carbonyl (C=O) groups is 4. The summed E-state index contributed by atoms with van der Waals surface area (Å²) in [7, 11) is 6.72. The normalized spacial score (nSPS) is 19.1. The van der Waals surface area contributed by atoms with E-state index >= 15 is 0 Å². The lowest BCUT2D eigenvalue weighted by atomic mass is 9.89. The summed E-state index contributed by atoms with van der Waals surface area (Å²) in [6.07, 6.45) is 1.65. The molecule has 1 aliphatic rings. The van der Waals surface area contributed by atoms with Crippen LogP contribution in [0, 0.1) is 23.7 Å². The van der Waals surface area contributed by atoms with Crippen molar-refractivity contribution in [3.63, 3.8) is 0 Å². The van der Waals surface area contributed by atoms with E-state index in [2.05, 4.69) is 15.6 Å². The monoisotopic (exact) mass is 824 g/mol. The molecule has 0 spiro atoms. The van der Waals surface area contributed by atoms with Crippen LogP contribution in [0.2, 0.25) is 0 Å². The first kappa shape index (κ1) is 49.3. The van der Waals surface area contributed by atoms with Crippen LogP contribution in [0.15, 0.2) is 48.7 Å². The fourth-order valence-electron chi connectivity index (χ4n) is 8.64. The predicted molar refractivity (Wildman–Crippen MR) is 231 cm³/mol. The van der Waals surface area contributed by atoms with Crippen LogP contribution in [0.4, 0.5) is 5.82 Å². The maximum atomic E-state index is 14.5. The zero-order valence-electron chi connectivity index (χ0n) is 37.6. The summed E-state index contributed by atoms with van der Waals surface area (Å²) in [5.74, 6) is -1.49. The Bertz CT molecular complexity index is 1650. The van der Waals surface area contributed by atoms with Crippen molar-refractivity contribution in [3.05, 3.63) is 59.8 Å². The van der Waals surface area contributed by atoms with Gasteiger partial charge < -0.3 is 40.7 Å².